The Kier molecular flexibility index (Phi) is 9.93. The van der Waals surface area contributed by atoms with Crippen LogP contribution in [-0.4, -0.2) is 33.1 Å². The van der Waals surface area contributed by atoms with Crippen molar-refractivity contribution in [3.63, 3.8) is 0 Å². The predicted molar refractivity (Wildman–Crippen MR) is 124 cm³/mol. The molecule has 0 saturated heterocycles. The molecular weight excluding hydrogens is 504 g/mol. The molecular formula is C20H17Cl4N3O5. The minimum absolute atomic E-state index is 0.277. The fourth-order valence-electron chi connectivity index (χ4n) is 2.51. The molecule has 0 atom stereocenters. The highest BCUT2D eigenvalue weighted by Gasteiger charge is 2.14. The molecule has 0 spiro atoms. The van der Waals surface area contributed by atoms with Gasteiger partial charge in [-0.05, 0) is 43.3 Å². The van der Waals surface area contributed by atoms with E-state index in [1.54, 1.807) is 42.9 Å². The highest BCUT2D eigenvalue weighted by atomic mass is 35.5. The first kappa shape index (κ1) is 25.6. The van der Waals surface area contributed by atoms with Crippen molar-refractivity contribution >= 4 is 57.9 Å². The van der Waals surface area contributed by atoms with Crippen molar-refractivity contribution in [1.29, 1.82) is 0 Å². The number of aromatic nitrogens is 2. The van der Waals surface area contributed by atoms with Gasteiger partial charge in [-0.2, -0.15) is 0 Å². The molecule has 0 amide bonds. The minimum atomic E-state index is -1.50. The van der Waals surface area contributed by atoms with Gasteiger partial charge < -0.3 is 19.2 Å². The molecule has 32 heavy (non-hydrogen) atoms. The molecule has 0 radical (unpaired) electrons. The van der Waals surface area contributed by atoms with Gasteiger partial charge in [0.15, 0.2) is 0 Å². The Balaban J connectivity index is 0.000000837. The van der Waals surface area contributed by atoms with Gasteiger partial charge in [0.1, 0.15) is 24.7 Å². The van der Waals surface area contributed by atoms with E-state index in [0.717, 1.165) is 11.3 Å². The Morgan fingerprint density at radius 1 is 1.09 bits per heavy atom. The lowest BCUT2D eigenvalue weighted by molar-refractivity contribution is -0.742. The van der Waals surface area contributed by atoms with Crippen molar-refractivity contribution in [2.24, 2.45) is 0 Å². The molecule has 3 aromatic rings. The normalized spacial score (nSPS) is 11.2. The van der Waals surface area contributed by atoms with E-state index in [0.29, 0.717) is 31.6 Å². The second-order valence-electron chi connectivity index (χ2n) is 6.02. The van der Waals surface area contributed by atoms with E-state index in [-0.39, 0.29) is 13.2 Å². The Bertz CT molecular complexity index is 1090. The van der Waals surface area contributed by atoms with Gasteiger partial charge in [0.05, 0.1) is 22.1 Å². The third kappa shape index (κ3) is 7.80. The summed E-state index contributed by atoms with van der Waals surface area (Å²) in [5.74, 6) is 1.14. The van der Waals surface area contributed by atoms with Crippen molar-refractivity contribution in [2.75, 3.05) is 13.2 Å². The quantitative estimate of drug-likeness (QED) is 0.163. The van der Waals surface area contributed by atoms with Gasteiger partial charge in [0.25, 0.3) is 5.09 Å². The second-order valence-corrected chi connectivity index (χ2v) is 7.71. The van der Waals surface area contributed by atoms with Crippen LogP contribution in [-0.2, 0) is 4.74 Å². The van der Waals surface area contributed by atoms with Crippen LogP contribution >= 0.6 is 46.4 Å². The van der Waals surface area contributed by atoms with Gasteiger partial charge in [-0.15, -0.1) is 10.1 Å². The van der Waals surface area contributed by atoms with Crippen LogP contribution in [0.3, 0.4) is 0 Å². The molecule has 1 heterocycles. The molecule has 1 N–H and O–H groups in total. The molecule has 3 rings (SSSR count). The molecule has 2 aromatic carbocycles. The van der Waals surface area contributed by atoms with Crippen molar-refractivity contribution in [2.45, 2.75) is 6.92 Å². The monoisotopic (exact) mass is 519 g/mol. The van der Waals surface area contributed by atoms with Crippen molar-refractivity contribution in [1.82, 2.24) is 9.55 Å². The Labute approximate surface area is 203 Å². The maximum absolute atomic E-state index is 8.36. The molecule has 0 fully saturated rings. The lowest BCUT2D eigenvalue weighted by atomic mass is 10.1. The first-order valence-corrected chi connectivity index (χ1v) is 10.4. The number of hydrogen-bond acceptors (Lipinski definition) is 5. The Hall–Kier alpha value is -2.65. The lowest BCUT2D eigenvalue weighted by Gasteiger charge is -2.17. The molecule has 170 valence electrons. The molecule has 12 heteroatoms. The zero-order chi connectivity index (χ0) is 23.7. The van der Waals surface area contributed by atoms with Crippen LogP contribution in [0.5, 0.6) is 5.75 Å². The van der Waals surface area contributed by atoms with Crippen LogP contribution in [0.25, 0.3) is 11.5 Å². The van der Waals surface area contributed by atoms with Crippen molar-refractivity contribution < 1.29 is 19.8 Å². The number of rotatable bonds is 7. The Morgan fingerprint density at radius 3 is 2.28 bits per heavy atom. The van der Waals surface area contributed by atoms with E-state index < -0.39 is 5.09 Å². The number of halogens is 4. The summed E-state index contributed by atoms with van der Waals surface area (Å²) < 4.78 is 13.6. The molecule has 0 bridgehead atoms. The molecule has 0 saturated carbocycles. The van der Waals surface area contributed by atoms with Crippen molar-refractivity contribution in [3.05, 3.63) is 90.9 Å². The van der Waals surface area contributed by atoms with Crippen LogP contribution in [0.1, 0.15) is 12.5 Å². The summed E-state index contributed by atoms with van der Waals surface area (Å²) in [4.78, 5) is 12.4. The number of nitrogens with zero attached hydrogens (tertiary/aromatic N) is 3. The molecule has 0 unspecified atom stereocenters. The lowest BCUT2D eigenvalue weighted by Crippen LogP contribution is -2.09. The average Bonchev–Trinajstić information content (AvgIpc) is 3.24. The summed E-state index contributed by atoms with van der Waals surface area (Å²) in [5, 5.41) is 15.7. The number of imidazole rings is 1. The van der Waals surface area contributed by atoms with Gasteiger partial charge in [-0.25, -0.2) is 4.98 Å². The minimum Gasteiger partial charge on any atom is -0.488 e. The third-order valence-electron chi connectivity index (χ3n) is 3.88. The number of hydrogen-bond donors (Lipinski definition) is 1. The summed E-state index contributed by atoms with van der Waals surface area (Å²) in [5.41, 5.74) is 1.55. The maximum Gasteiger partial charge on any atom is 0.291 e. The topological polar surface area (TPSA) is 99.7 Å². The van der Waals surface area contributed by atoms with E-state index in [1.165, 1.54) is 0 Å². The van der Waals surface area contributed by atoms with Gasteiger partial charge in [0, 0.05) is 28.0 Å². The molecule has 8 nitrogen and oxygen atoms in total. The largest absolute Gasteiger partial charge is 0.488 e. The van der Waals surface area contributed by atoms with Gasteiger partial charge >= 0.3 is 0 Å². The predicted octanol–water partition coefficient (Wildman–Crippen LogP) is 6.59. The number of ether oxygens (including phenoxy) is 2. The van der Waals surface area contributed by atoms with Gasteiger partial charge in [-0.1, -0.05) is 46.4 Å². The van der Waals surface area contributed by atoms with Crippen LogP contribution in [0, 0.1) is 10.1 Å². The molecule has 1 aromatic heterocycles. The summed E-state index contributed by atoms with van der Waals surface area (Å²) in [6.45, 7) is 2.48. The highest BCUT2D eigenvalue weighted by molar-refractivity contribution is 6.36. The smallest absolute Gasteiger partial charge is 0.291 e. The summed E-state index contributed by atoms with van der Waals surface area (Å²) in [6.07, 6.45) is 5.20. The fourth-order valence-corrected chi connectivity index (χ4v) is 3.47. The number of benzene rings is 2. The molecule has 0 aliphatic rings. The zero-order valence-corrected chi connectivity index (χ0v) is 19.6. The van der Waals surface area contributed by atoms with Crippen LogP contribution in [0.2, 0.25) is 20.1 Å². The van der Waals surface area contributed by atoms with Crippen molar-refractivity contribution in [3.8, 4) is 5.75 Å². The standard InChI is InChI=1S/C20H16Cl4N2O2.HNO3/c1-13(26-7-6-25-12-26)20(16-4-2-14(21)10-17(16)23)28-9-8-27-19-5-3-15(22)11-18(19)24;2-1(3)4/h2-7,10-12H,8-9H2,1H3;(H,2,3,4). The molecule has 0 aliphatic carbocycles. The summed E-state index contributed by atoms with van der Waals surface area (Å²) >= 11 is 24.4. The van der Waals surface area contributed by atoms with E-state index in [9.17, 15) is 0 Å². The molecule has 0 aliphatic heterocycles. The summed E-state index contributed by atoms with van der Waals surface area (Å²) in [7, 11) is 0. The van der Waals surface area contributed by atoms with E-state index in [1.807, 2.05) is 23.8 Å². The van der Waals surface area contributed by atoms with Gasteiger partial charge in [0.2, 0.25) is 0 Å². The zero-order valence-electron chi connectivity index (χ0n) is 16.5. The SMILES string of the molecule is CC(=C(OCCOc1ccc(Cl)cc1Cl)c1ccc(Cl)cc1Cl)n1ccnc1.O=[N+]([O-])O. The first-order chi connectivity index (χ1) is 15.2. The van der Waals surface area contributed by atoms with E-state index in [2.05, 4.69) is 4.98 Å². The van der Waals surface area contributed by atoms with Gasteiger partial charge in [-0.3, -0.25) is 0 Å². The van der Waals surface area contributed by atoms with E-state index in [4.69, 9.17) is 71.2 Å². The van der Waals surface area contributed by atoms with E-state index >= 15 is 0 Å². The number of allylic oxidation sites excluding steroid dienone is 1. The second kappa shape index (κ2) is 12.4. The highest BCUT2D eigenvalue weighted by Crippen LogP contribution is 2.31. The fraction of sp³-hybridized carbons (Fsp3) is 0.150. The summed E-state index contributed by atoms with van der Waals surface area (Å²) in [6, 6.07) is 10.3. The average molecular weight is 521 g/mol. The van der Waals surface area contributed by atoms with Crippen LogP contribution in [0.4, 0.5) is 0 Å². The third-order valence-corrected chi connectivity index (χ3v) is 4.96. The van der Waals surface area contributed by atoms with Crippen LogP contribution < -0.4 is 4.74 Å². The maximum atomic E-state index is 8.36. The van der Waals surface area contributed by atoms with Crippen LogP contribution in [0.15, 0.2) is 55.1 Å². The Morgan fingerprint density at radius 2 is 1.72 bits per heavy atom. The first-order valence-electron chi connectivity index (χ1n) is 8.87.